The van der Waals surface area contributed by atoms with Crippen molar-refractivity contribution in [3.63, 3.8) is 0 Å². The molecule has 3 aliphatic rings. The lowest BCUT2D eigenvalue weighted by Gasteiger charge is -2.37. The van der Waals surface area contributed by atoms with Crippen molar-refractivity contribution in [3.8, 4) is 22.9 Å². The average Bonchev–Trinajstić information content (AvgIpc) is 3.96. The molecule has 17 heteroatoms. The molecular weight excluding hydrogens is 959 g/mol. The predicted molar refractivity (Wildman–Crippen MR) is 294 cm³/mol. The van der Waals surface area contributed by atoms with E-state index in [1.54, 1.807) is 18.0 Å². The Kier molecular flexibility index (Phi) is 15.9. The lowest BCUT2D eigenvalue weighted by Crippen LogP contribution is -2.53. The van der Waals surface area contributed by atoms with Crippen molar-refractivity contribution in [2.24, 2.45) is 5.92 Å². The quantitative estimate of drug-likeness (QED) is 0.106. The third-order valence-corrected chi connectivity index (χ3v) is 14.4. The van der Waals surface area contributed by atoms with Gasteiger partial charge in [-0.1, -0.05) is 48.5 Å². The van der Waals surface area contributed by atoms with E-state index in [-0.39, 0.29) is 30.8 Å². The number of ether oxygens (including phenoxy) is 2. The molecule has 1 amide bonds. The van der Waals surface area contributed by atoms with Crippen molar-refractivity contribution < 1.29 is 29.0 Å². The number of carboxylic acids is 1. The van der Waals surface area contributed by atoms with Gasteiger partial charge in [0.05, 0.1) is 39.7 Å². The Morgan fingerprint density at radius 1 is 0.579 bits per heavy atom. The van der Waals surface area contributed by atoms with Gasteiger partial charge >= 0.3 is 5.97 Å². The maximum absolute atomic E-state index is 12.8. The summed E-state index contributed by atoms with van der Waals surface area (Å²) >= 11 is 0. The summed E-state index contributed by atoms with van der Waals surface area (Å²) in [5, 5.41) is 20.9. The number of para-hydroxylation sites is 2. The molecule has 17 nitrogen and oxygen atoms in total. The number of aryl methyl sites for hydroxylation is 2. The van der Waals surface area contributed by atoms with Crippen LogP contribution in [-0.4, -0.2) is 146 Å². The maximum atomic E-state index is 12.8. The van der Waals surface area contributed by atoms with Crippen molar-refractivity contribution in [3.05, 3.63) is 156 Å². The van der Waals surface area contributed by atoms with Gasteiger partial charge in [0.25, 0.3) is 5.91 Å². The topological polar surface area (TPSA) is 168 Å². The van der Waals surface area contributed by atoms with Gasteiger partial charge in [-0.2, -0.15) is 10.2 Å². The van der Waals surface area contributed by atoms with Crippen molar-refractivity contribution in [1.29, 1.82) is 0 Å². The molecule has 3 aliphatic heterocycles. The lowest BCUT2D eigenvalue weighted by molar-refractivity contribution is -0.143. The summed E-state index contributed by atoms with van der Waals surface area (Å²) in [5.41, 5.74) is 9.64. The summed E-state index contributed by atoms with van der Waals surface area (Å²) in [7, 11) is 0. The molecule has 0 bridgehead atoms. The minimum absolute atomic E-state index is 0.0479. The van der Waals surface area contributed by atoms with Gasteiger partial charge in [0.15, 0.2) is 13.2 Å². The van der Waals surface area contributed by atoms with Crippen molar-refractivity contribution in [2.75, 3.05) is 88.5 Å². The average molecular weight is 1020 g/mol. The largest absolute Gasteiger partial charge is 0.481 e. The number of fused-ring (bicyclic) bond motifs is 2. The van der Waals surface area contributed by atoms with Crippen LogP contribution >= 0.6 is 0 Å². The van der Waals surface area contributed by atoms with E-state index in [2.05, 4.69) is 61.0 Å². The van der Waals surface area contributed by atoms with Crippen LogP contribution in [0.2, 0.25) is 0 Å². The summed E-state index contributed by atoms with van der Waals surface area (Å²) in [6, 6.07) is 36.5. The van der Waals surface area contributed by atoms with Crippen LogP contribution in [-0.2, 0) is 27.5 Å². The van der Waals surface area contributed by atoms with Gasteiger partial charge in [0.1, 0.15) is 28.7 Å². The number of benzene rings is 4. The highest BCUT2D eigenvalue weighted by Crippen LogP contribution is 2.41. The third-order valence-electron chi connectivity index (χ3n) is 14.4. The first kappa shape index (κ1) is 51.3. The second-order valence-corrected chi connectivity index (χ2v) is 19.9. The highest BCUT2D eigenvalue weighted by atomic mass is 16.5. The van der Waals surface area contributed by atoms with Gasteiger partial charge < -0.3 is 29.3 Å². The Labute approximate surface area is 442 Å². The number of nitrogens with zero attached hydrogens (tertiary/aromatic N) is 11. The molecule has 4 aromatic heterocycles. The smallest absolute Gasteiger partial charge is 0.341 e. The molecule has 1 N–H and O–H groups in total. The molecule has 4 aromatic carbocycles. The van der Waals surface area contributed by atoms with E-state index in [1.807, 2.05) is 115 Å². The molecule has 0 spiro atoms. The number of carbonyl (C=O) groups excluding carboxylic acids is 2. The van der Waals surface area contributed by atoms with Gasteiger partial charge in [-0.15, -0.1) is 0 Å². The molecule has 0 unspecified atom stereocenters. The Morgan fingerprint density at radius 2 is 1.05 bits per heavy atom. The number of amides is 1. The second kappa shape index (κ2) is 23.6. The Morgan fingerprint density at radius 3 is 1.51 bits per heavy atom. The monoisotopic (exact) mass is 1020 g/mol. The molecule has 3 saturated heterocycles. The highest BCUT2D eigenvalue weighted by molar-refractivity contribution is 5.97. The van der Waals surface area contributed by atoms with Gasteiger partial charge in [-0.25, -0.2) is 14.2 Å². The van der Waals surface area contributed by atoms with E-state index < -0.39 is 5.97 Å². The first-order valence-electron chi connectivity index (χ1n) is 26.2. The fourth-order valence-electron chi connectivity index (χ4n) is 10.4. The standard InChI is InChI=1S/C32H36N6O3.C27H29N5O3/c1-23-18-25-8-6-12-33-30(25)31(32(23)41-22-29(40)37-19-26(20-37)24(2)39)36-14-7-13-35(16-17-36)21-27-11-15-38(34-27)28-9-4-3-5-10-28;1-20-17-21-7-5-11-28-25(21)26(27(20)35-19-24(33)34)31-13-6-12-30(15-16-31)18-22-10-14-32(29-22)23-8-3-2-4-9-23/h3-6,8-12,15,18,26H,7,13-14,16-17,19-22H2,1-2H3;2-5,7-11,14,17H,6,12-13,15-16,18-19H2,1H3,(H,33,34). The summed E-state index contributed by atoms with van der Waals surface area (Å²) in [5.74, 6) is 0.318. The van der Waals surface area contributed by atoms with Gasteiger partial charge in [0, 0.05) is 114 Å². The molecule has 76 heavy (non-hydrogen) atoms. The molecule has 8 aromatic rings. The molecule has 0 saturated carbocycles. The number of pyridine rings is 2. The number of hydrogen-bond acceptors (Lipinski definition) is 13. The number of Topliss-reactive ketones (excluding diaryl/α,β-unsaturated/α-hetero) is 1. The van der Waals surface area contributed by atoms with E-state index in [0.717, 1.165) is 145 Å². The molecule has 392 valence electrons. The molecule has 11 rings (SSSR count). The number of aromatic nitrogens is 6. The van der Waals surface area contributed by atoms with Crippen LogP contribution in [0.4, 0.5) is 11.4 Å². The number of rotatable bonds is 15. The normalized spacial score (nSPS) is 15.6. The molecule has 0 aliphatic carbocycles. The van der Waals surface area contributed by atoms with Crippen LogP contribution < -0.4 is 19.3 Å². The van der Waals surface area contributed by atoms with E-state index in [4.69, 9.17) is 24.7 Å². The van der Waals surface area contributed by atoms with Crippen LogP contribution in [0.1, 0.15) is 42.3 Å². The fraction of sp³-hybridized carbons (Fsp3) is 0.339. The number of aliphatic carboxylic acids is 1. The Hall–Kier alpha value is -8.15. The zero-order chi connectivity index (χ0) is 52.5. The SMILES string of the molecule is CC(=O)C1CN(C(=O)COc2c(C)cc3cccnc3c2N2CCCN(Cc3ccn(-c4ccccc4)n3)CC2)C1.Cc1cc2cccnc2c(N2CCCN(Cc3ccn(-c4ccccc4)n3)CC2)c1OCC(=O)O. The van der Waals surface area contributed by atoms with Crippen LogP contribution in [0.15, 0.2) is 134 Å². The fourth-order valence-corrected chi connectivity index (χ4v) is 10.4. The molecule has 7 heterocycles. The van der Waals surface area contributed by atoms with Gasteiger partial charge in [-0.05, 0) is 105 Å². The number of hydrogen-bond donors (Lipinski definition) is 1. The highest BCUT2D eigenvalue weighted by Gasteiger charge is 2.34. The van der Waals surface area contributed by atoms with Crippen molar-refractivity contribution >= 4 is 50.8 Å². The summed E-state index contributed by atoms with van der Waals surface area (Å²) < 4.78 is 15.9. The molecular formula is C59H65N11O6. The van der Waals surface area contributed by atoms with E-state index in [9.17, 15) is 19.5 Å². The second-order valence-electron chi connectivity index (χ2n) is 19.9. The summed E-state index contributed by atoms with van der Waals surface area (Å²) in [6.45, 7) is 14.6. The van der Waals surface area contributed by atoms with Gasteiger partial charge in [0.2, 0.25) is 0 Å². The zero-order valence-electron chi connectivity index (χ0n) is 43.5. The van der Waals surface area contributed by atoms with Crippen LogP contribution in [0.25, 0.3) is 33.2 Å². The maximum Gasteiger partial charge on any atom is 0.341 e. The van der Waals surface area contributed by atoms with Crippen LogP contribution in [0.5, 0.6) is 11.5 Å². The Bertz CT molecular complexity index is 3300. The number of carbonyl (C=O) groups is 3. The number of ketones is 1. The predicted octanol–water partition coefficient (Wildman–Crippen LogP) is 7.77. The van der Waals surface area contributed by atoms with E-state index in [1.165, 1.54) is 0 Å². The van der Waals surface area contributed by atoms with Crippen molar-refractivity contribution in [1.82, 2.24) is 44.2 Å². The minimum atomic E-state index is -0.992. The number of anilines is 2. The molecule has 0 atom stereocenters. The van der Waals surface area contributed by atoms with E-state index in [0.29, 0.717) is 24.6 Å². The first-order chi connectivity index (χ1) is 37.0. The van der Waals surface area contributed by atoms with Crippen molar-refractivity contribution in [2.45, 2.75) is 46.7 Å². The van der Waals surface area contributed by atoms with E-state index >= 15 is 0 Å². The summed E-state index contributed by atoms with van der Waals surface area (Å²) in [6.07, 6.45) is 9.57. The zero-order valence-corrected chi connectivity index (χ0v) is 43.5. The first-order valence-corrected chi connectivity index (χ1v) is 26.2. The molecule has 3 fully saturated rings. The number of likely N-dealkylation sites (tertiary alicyclic amines) is 1. The lowest BCUT2D eigenvalue weighted by atomic mass is 9.96. The Balaban J connectivity index is 0.000000175. The van der Waals surface area contributed by atoms with Crippen LogP contribution in [0.3, 0.4) is 0 Å². The third kappa shape index (κ3) is 12.0. The van der Waals surface area contributed by atoms with Gasteiger partial charge in [-0.3, -0.25) is 29.4 Å². The minimum Gasteiger partial charge on any atom is -0.481 e. The number of carboxylic acid groups (broad SMARTS) is 1. The summed E-state index contributed by atoms with van der Waals surface area (Å²) in [4.78, 5) is 56.3. The molecule has 0 radical (unpaired) electrons. The van der Waals surface area contributed by atoms with Crippen LogP contribution in [0, 0.1) is 19.8 Å².